The van der Waals surface area contributed by atoms with E-state index < -0.39 is 11.4 Å². The van der Waals surface area contributed by atoms with Gasteiger partial charge in [-0.25, -0.2) is 8.78 Å². The number of halogens is 3. The Hall–Kier alpha value is -1.26. The SMILES string of the molecule is CCC(O)(Cc1cccc(F)c1Br)c1cccc(F)c1. The minimum atomic E-state index is -1.22. The Morgan fingerprint density at radius 2 is 1.85 bits per heavy atom. The van der Waals surface area contributed by atoms with E-state index >= 15 is 0 Å². The molecule has 0 aliphatic rings. The van der Waals surface area contributed by atoms with Crippen molar-refractivity contribution >= 4 is 15.9 Å². The van der Waals surface area contributed by atoms with Gasteiger partial charge in [-0.1, -0.05) is 31.2 Å². The van der Waals surface area contributed by atoms with Crippen molar-refractivity contribution in [3.8, 4) is 0 Å². The molecule has 0 fully saturated rings. The van der Waals surface area contributed by atoms with Gasteiger partial charge in [-0.3, -0.25) is 0 Å². The molecule has 1 N–H and O–H groups in total. The average Bonchev–Trinajstić information content (AvgIpc) is 2.44. The summed E-state index contributed by atoms with van der Waals surface area (Å²) in [5.74, 6) is -0.770. The highest BCUT2D eigenvalue weighted by Crippen LogP contribution is 2.32. The molecule has 1 unspecified atom stereocenters. The van der Waals surface area contributed by atoms with Crippen LogP contribution in [-0.4, -0.2) is 5.11 Å². The van der Waals surface area contributed by atoms with Crippen LogP contribution in [0.25, 0.3) is 0 Å². The summed E-state index contributed by atoms with van der Waals surface area (Å²) in [6.07, 6.45) is 0.616. The van der Waals surface area contributed by atoms with Crippen LogP contribution in [0.1, 0.15) is 24.5 Å². The third kappa shape index (κ3) is 3.07. The molecule has 1 atom stereocenters. The molecule has 0 amide bonds. The molecule has 2 aromatic carbocycles. The normalized spacial score (nSPS) is 14.1. The lowest BCUT2D eigenvalue weighted by molar-refractivity contribution is 0.0322. The van der Waals surface area contributed by atoms with Gasteiger partial charge in [-0.05, 0) is 51.7 Å². The van der Waals surface area contributed by atoms with E-state index in [9.17, 15) is 13.9 Å². The number of rotatable bonds is 4. The van der Waals surface area contributed by atoms with Gasteiger partial charge in [0.25, 0.3) is 0 Å². The van der Waals surface area contributed by atoms with E-state index in [0.29, 0.717) is 22.0 Å². The van der Waals surface area contributed by atoms with E-state index in [0.717, 1.165) is 0 Å². The first-order valence-electron chi connectivity index (χ1n) is 6.37. The van der Waals surface area contributed by atoms with Gasteiger partial charge in [0, 0.05) is 6.42 Å². The number of benzene rings is 2. The van der Waals surface area contributed by atoms with Gasteiger partial charge >= 0.3 is 0 Å². The fraction of sp³-hybridized carbons (Fsp3) is 0.250. The molecule has 0 heterocycles. The molecule has 20 heavy (non-hydrogen) atoms. The molecule has 0 radical (unpaired) electrons. The van der Waals surface area contributed by atoms with Gasteiger partial charge in [0.15, 0.2) is 0 Å². The van der Waals surface area contributed by atoms with E-state index in [-0.39, 0.29) is 12.2 Å². The van der Waals surface area contributed by atoms with Gasteiger partial charge in [-0.2, -0.15) is 0 Å². The van der Waals surface area contributed by atoms with Crippen LogP contribution in [0.5, 0.6) is 0 Å². The Morgan fingerprint density at radius 1 is 1.15 bits per heavy atom. The number of hydrogen-bond donors (Lipinski definition) is 1. The van der Waals surface area contributed by atoms with Gasteiger partial charge in [0.1, 0.15) is 11.6 Å². The molecule has 0 spiro atoms. The Balaban J connectivity index is 2.39. The summed E-state index contributed by atoms with van der Waals surface area (Å²) < 4.78 is 27.2. The Morgan fingerprint density at radius 3 is 2.50 bits per heavy atom. The second kappa shape index (κ2) is 6.02. The smallest absolute Gasteiger partial charge is 0.137 e. The van der Waals surface area contributed by atoms with E-state index in [4.69, 9.17) is 0 Å². The maximum Gasteiger partial charge on any atom is 0.137 e. The Labute approximate surface area is 125 Å². The zero-order valence-corrected chi connectivity index (χ0v) is 12.6. The van der Waals surface area contributed by atoms with Crippen LogP contribution in [0.3, 0.4) is 0 Å². The third-order valence-corrected chi connectivity index (χ3v) is 4.35. The Bertz CT molecular complexity index is 615. The minimum absolute atomic E-state index is 0.214. The maximum absolute atomic E-state index is 13.5. The third-order valence-electron chi connectivity index (χ3n) is 3.46. The first kappa shape index (κ1) is 15.1. The van der Waals surface area contributed by atoms with Crippen LogP contribution in [0.2, 0.25) is 0 Å². The second-order valence-electron chi connectivity index (χ2n) is 4.79. The van der Waals surface area contributed by atoms with Gasteiger partial charge < -0.3 is 5.11 Å². The highest BCUT2D eigenvalue weighted by Gasteiger charge is 2.29. The molecular weight excluding hydrogens is 326 g/mol. The minimum Gasteiger partial charge on any atom is -0.385 e. The van der Waals surface area contributed by atoms with E-state index in [1.54, 1.807) is 24.3 Å². The van der Waals surface area contributed by atoms with Crippen molar-refractivity contribution in [1.29, 1.82) is 0 Å². The highest BCUT2D eigenvalue weighted by atomic mass is 79.9. The van der Waals surface area contributed by atoms with Gasteiger partial charge in [0.05, 0.1) is 10.1 Å². The molecule has 0 aromatic heterocycles. The molecule has 0 saturated carbocycles. The van der Waals surface area contributed by atoms with Gasteiger partial charge in [0.2, 0.25) is 0 Å². The van der Waals surface area contributed by atoms with Crippen molar-refractivity contribution in [2.24, 2.45) is 0 Å². The first-order chi connectivity index (χ1) is 9.46. The summed E-state index contributed by atoms with van der Waals surface area (Å²) in [6, 6.07) is 10.6. The predicted octanol–water partition coefficient (Wildman–Crippen LogP) is 4.57. The van der Waals surface area contributed by atoms with Crippen molar-refractivity contribution < 1.29 is 13.9 Å². The van der Waals surface area contributed by atoms with Crippen LogP contribution >= 0.6 is 15.9 Å². The summed E-state index contributed by atoms with van der Waals surface area (Å²) in [4.78, 5) is 0. The first-order valence-corrected chi connectivity index (χ1v) is 7.17. The van der Waals surface area contributed by atoms with E-state index in [1.807, 2.05) is 6.92 Å². The molecule has 0 aliphatic carbocycles. The lowest BCUT2D eigenvalue weighted by Gasteiger charge is -2.28. The fourth-order valence-corrected chi connectivity index (χ4v) is 2.61. The molecule has 0 saturated heterocycles. The molecule has 4 heteroatoms. The molecular formula is C16H15BrF2O. The predicted molar refractivity (Wildman–Crippen MR) is 78.4 cm³/mol. The van der Waals surface area contributed by atoms with Crippen LogP contribution < -0.4 is 0 Å². The van der Waals surface area contributed by atoms with Gasteiger partial charge in [-0.15, -0.1) is 0 Å². The maximum atomic E-state index is 13.5. The van der Waals surface area contributed by atoms with Crippen LogP contribution in [0.4, 0.5) is 8.78 Å². The van der Waals surface area contributed by atoms with Crippen molar-refractivity contribution in [3.05, 3.63) is 69.7 Å². The average molecular weight is 341 g/mol. The quantitative estimate of drug-likeness (QED) is 0.864. The summed E-state index contributed by atoms with van der Waals surface area (Å²) in [6.45, 7) is 1.82. The molecule has 2 rings (SSSR count). The summed E-state index contributed by atoms with van der Waals surface area (Å²) >= 11 is 3.19. The summed E-state index contributed by atoms with van der Waals surface area (Å²) in [5.41, 5.74) is -0.0759. The standard InChI is InChI=1S/C16H15BrF2O/c1-2-16(20,12-6-4-7-13(18)9-12)10-11-5-3-8-14(19)15(11)17/h3-9,20H,2,10H2,1H3. The lowest BCUT2D eigenvalue weighted by Crippen LogP contribution is -2.28. The topological polar surface area (TPSA) is 20.2 Å². The largest absolute Gasteiger partial charge is 0.385 e. The van der Waals surface area contributed by atoms with Crippen LogP contribution in [-0.2, 0) is 12.0 Å². The van der Waals surface area contributed by atoms with Crippen molar-refractivity contribution in [2.45, 2.75) is 25.4 Å². The molecule has 0 aliphatic heterocycles. The van der Waals surface area contributed by atoms with Crippen molar-refractivity contribution in [2.75, 3.05) is 0 Å². The monoisotopic (exact) mass is 340 g/mol. The molecule has 106 valence electrons. The highest BCUT2D eigenvalue weighted by molar-refractivity contribution is 9.10. The Kier molecular flexibility index (Phi) is 4.55. The zero-order chi connectivity index (χ0) is 14.8. The number of aliphatic hydroxyl groups is 1. The molecule has 1 nitrogen and oxygen atoms in total. The fourth-order valence-electron chi connectivity index (χ4n) is 2.21. The number of hydrogen-bond acceptors (Lipinski definition) is 1. The molecule has 2 aromatic rings. The zero-order valence-electron chi connectivity index (χ0n) is 11.0. The summed E-state index contributed by atoms with van der Waals surface area (Å²) in [5, 5.41) is 10.8. The van der Waals surface area contributed by atoms with Crippen LogP contribution in [0.15, 0.2) is 46.9 Å². The van der Waals surface area contributed by atoms with Crippen molar-refractivity contribution in [1.82, 2.24) is 0 Å². The van der Waals surface area contributed by atoms with Crippen molar-refractivity contribution in [3.63, 3.8) is 0 Å². The lowest BCUT2D eigenvalue weighted by atomic mass is 9.85. The molecule has 0 bridgehead atoms. The van der Waals surface area contributed by atoms with E-state index in [2.05, 4.69) is 15.9 Å². The second-order valence-corrected chi connectivity index (χ2v) is 5.58. The van der Waals surface area contributed by atoms with E-state index in [1.165, 1.54) is 18.2 Å². The van der Waals surface area contributed by atoms with Crippen LogP contribution in [0, 0.1) is 11.6 Å². The summed E-state index contributed by atoms with van der Waals surface area (Å²) in [7, 11) is 0.